The lowest BCUT2D eigenvalue weighted by molar-refractivity contribution is 0.142. The van der Waals surface area contributed by atoms with E-state index >= 15 is 0 Å². The van der Waals surface area contributed by atoms with Gasteiger partial charge in [0, 0.05) is 38.3 Å². The van der Waals surface area contributed by atoms with Crippen molar-refractivity contribution in [1.29, 1.82) is 0 Å². The van der Waals surface area contributed by atoms with Gasteiger partial charge in [-0.25, -0.2) is 8.42 Å². The molecule has 0 radical (unpaired) electrons. The molecule has 1 atom stereocenters. The maximum atomic E-state index is 12.8. The third-order valence-electron chi connectivity index (χ3n) is 4.48. The fraction of sp³-hybridized carbons (Fsp3) is 0.625. The SMILES string of the molecule is CCC(C)N1CCN(S(=O)(=O)c2ccc(OC)c(OC)c2)CC1. The maximum absolute atomic E-state index is 12.8. The highest BCUT2D eigenvalue weighted by Gasteiger charge is 2.30. The predicted molar refractivity (Wildman–Crippen MR) is 89.6 cm³/mol. The summed E-state index contributed by atoms with van der Waals surface area (Å²) in [6.45, 7) is 6.89. The number of methoxy groups -OCH3 is 2. The summed E-state index contributed by atoms with van der Waals surface area (Å²) in [6.07, 6.45) is 1.07. The fourth-order valence-corrected chi connectivity index (χ4v) is 4.21. The molecule has 0 aliphatic carbocycles. The Hall–Kier alpha value is -1.31. The van der Waals surface area contributed by atoms with Crippen LogP contribution in [0.1, 0.15) is 20.3 Å². The van der Waals surface area contributed by atoms with Gasteiger partial charge in [0.15, 0.2) is 11.5 Å². The van der Waals surface area contributed by atoms with Crippen molar-refractivity contribution < 1.29 is 17.9 Å². The number of ether oxygens (including phenoxy) is 2. The van der Waals surface area contributed by atoms with Crippen LogP contribution in [-0.2, 0) is 10.0 Å². The molecule has 7 heteroatoms. The highest BCUT2D eigenvalue weighted by Crippen LogP contribution is 2.31. The zero-order valence-corrected chi connectivity index (χ0v) is 15.1. The van der Waals surface area contributed by atoms with Gasteiger partial charge in [0.25, 0.3) is 0 Å². The van der Waals surface area contributed by atoms with E-state index in [0.717, 1.165) is 19.5 Å². The summed E-state index contributed by atoms with van der Waals surface area (Å²) in [6, 6.07) is 5.20. The first-order valence-corrected chi connectivity index (χ1v) is 9.34. The van der Waals surface area contributed by atoms with Crippen LogP contribution in [0.3, 0.4) is 0 Å². The fourth-order valence-electron chi connectivity index (χ4n) is 2.77. The number of rotatable bonds is 6. The van der Waals surface area contributed by atoms with Gasteiger partial charge in [0.1, 0.15) is 0 Å². The summed E-state index contributed by atoms with van der Waals surface area (Å²) in [7, 11) is -0.477. The van der Waals surface area contributed by atoms with Crippen molar-refractivity contribution in [2.24, 2.45) is 0 Å². The summed E-state index contributed by atoms with van der Waals surface area (Å²) in [5, 5.41) is 0. The highest BCUT2D eigenvalue weighted by molar-refractivity contribution is 7.89. The van der Waals surface area contributed by atoms with Crippen LogP contribution < -0.4 is 9.47 Å². The van der Waals surface area contributed by atoms with E-state index in [1.807, 2.05) is 0 Å². The van der Waals surface area contributed by atoms with E-state index in [4.69, 9.17) is 9.47 Å². The Labute approximate surface area is 139 Å². The molecule has 1 heterocycles. The van der Waals surface area contributed by atoms with Crippen LogP contribution in [0.15, 0.2) is 23.1 Å². The molecular formula is C16H26N2O4S. The van der Waals surface area contributed by atoms with Crippen molar-refractivity contribution in [3.8, 4) is 11.5 Å². The van der Waals surface area contributed by atoms with Gasteiger partial charge in [0.05, 0.1) is 19.1 Å². The molecule has 23 heavy (non-hydrogen) atoms. The van der Waals surface area contributed by atoms with Crippen LogP contribution in [0.2, 0.25) is 0 Å². The summed E-state index contributed by atoms with van der Waals surface area (Å²) >= 11 is 0. The van der Waals surface area contributed by atoms with Crippen molar-refractivity contribution in [2.75, 3.05) is 40.4 Å². The number of piperazine rings is 1. The number of hydrogen-bond donors (Lipinski definition) is 0. The largest absolute Gasteiger partial charge is 0.493 e. The topological polar surface area (TPSA) is 59.1 Å². The zero-order valence-electron chi connectivity index (χ0n) is 14.3. The summed E-state index contributed by atoms with van der Waals surface area (Å²) in [4.78, 5) is 2.58. The molecule has 1 aromatic rings. The van der Waals surface area contributed by atoms with E-state index in [2.05, 4.69) is 18.7 Å². The molecule has 1 fully saturated rings. The molecule has 1 unspecified atom stereocenters. The lowest BCUT2D eigenvalue weighted by Gasteiger charge is -2.37. The third-order valence-corrected chi connectivity index (χ3v) is 6.37. The van der Waals surface area contributed by atoms with Crippen LogP contribution >= 0.6 is 0 Å². The van der Waals surface area contributed by atoms with Crippen LogP contribution in [0, 0.1) is 0 Å². The van der Waals surface area contributed by atoms with Gasteiger partial charge in [-0.15, -0.1) is 0 Å². The second-order valence-electron chi connectivity index (χ2n) is 5.71. The Morgan fingerprint density at radius 1 is 1.09 bits per heavy atom. The van der Waals surface area contributed by atoms with E-state index in [9.17, 15) is 8.42 Å². The molecule has 0 N–H and O–H groups in total. The van der Waals surface area contributed by atoms with Gasteiger partial charge >= 0.3 is 0 Å². The normalized spacial score (nSPS) is 18.6. The van der Waals surface area contributed by atoms with E-state index in [1.165, 1.54) is 20.3 Å². The van der Waals surface area contributed by atoms with Crippen molar-refractivity contribution >= 4 is 10.0 Å². The Balaban J connectivity index is 2.17. The molecule has 6 nitrogen and oxygen atoms in total. The second kappa shape index (κ2) is 7.51. The average Bonchev–Trinajstić information content (AvgIpc) is 2.60. The molecule has 130 valence electrons. The van der Waals surface area contributed by atoms with Gasteiger partial charge in [-0.1, -0.05) is 6.92 Å². The summed E-state index contributed by atoms with van der Waals surface area (Å²) in [5.41, 5.74) is 0. The molecule has 1 aliphatic heterocycles. The standard InChI is InChI=1S/C16H26N2O4S/c1-5-13(2)17-8-10-18(11-9-17)23(19,20)14-6-7-15(21-3)16(12-14)22-4/h6-7,12-13H,5,8-11H2,1-4H3. The van der Waals surface area contributed by atoms with Crippen LogP contribution in [0.25, 0.3) is 0 Å². The van der Waals surface area contributed by atoms with Crippen LogP contribution in [0.4, 0.5) is 0 Å². The van der Waals surface area contributed by atoms with Gasteiger partial charge in [0.2, 0.25) is 10.0 Å². The van der Waals surface area contributed by atoms with Crippen molar-refractivity contribution in [2.45, 2.75) is 31.2 Å². The van der Waals surface area contributed by atoms with Crippen molar-refractivity contribution in [3.63, 3.8) is 0 Å². The molecule has 1 aliphatic rings. The molecule has 0 aromatic heterocycles. The quantitative estimate of drug-likeness (QED) is 0.789. The summed E-state index contributed by atoms with van der Waals surface area (Å²) in [5.74, 6) is 0.944. The lowest BCUT2D eigenvalue weighted by Crippen LogP contribution is -2.51. The minimum Gasteiger partial charge on any atom is -0.493 e. The minimum absolute atomic E-state index is 0.243. The molecule has 2 rings (SSSR count). The minimum atomic E-state index is -3.50. The van der Waals surface area contributed by atoms with E-state index in [1.54, 1.807) is 16.4 Å². The smallest absolute Gasteiger partial charge is 0.243 e. The molecule has 1 aromatic carbocycles. The Morgan fingerprint density at radius 2 is 1.70 bits per heavy atom. The Morgan fingerprint density at radius 3 is 2.22 bits per heavy atom. The Bertz CT molecular complexity index is 625. The molecule has 0 saturated carbocycles. The van der Waals surface area contributed by atoms with E-state index < -0.39 is 10.0 Å². The lowest BCUT2D eigenvalue weighted by atomic mass is 10.2. The van der Waals surface area contributed by atoms with E-state index in [0.29, 0.717) is 30.6 Å². The number of sulfonamides is 1. The molecule has 0 amide bonds. The van der Waals surface area contributed by atoms with Gasteiger partial charge in [-0.2, -0.15) is 4.31 Å². The maximum Gasteiger partial charge on any atom is 0.243 e. The number of hydrogen-bond acceptors (Lipinski definition) is 5. The molecule has 0 bridgehead atoms. The van der Waals surface area contributed by atoms with Gasteiger partial charge in [-0.3, -0.25) is 4.90 Å². The highest BCUT2D eigenvalue weighted by atomic mass is 32.2. The van der Waals surface area contributed by atoms with E-state index in [-0.39, 0.29) is 4.90 Å². The first kappa shape index (κ1) is 18.0. The number of nitrogens with zero attached hydrogens (tertiary/aromatic N) is 2. The first-order valence-electron chi connectivity index (χ1n) is 7.90. The molecule has 0 spiro atoms. The Kier molecular flexibility index (Phi) is 5.89. The van der Waals surface area contributed by atoms with Crippen LogP contribution in [0.5, 0.6) is 11.5 Å². The van der Waals surface area contributed by atoms with Crippen molar-refractivity contribution in [3.05, 3.63) is 18.2 Å². The predicted octanol–water partition coefficient (Wildman–Crippen LogP) is 1.81. The van der Waals surface area contributed by atoms with Crippen molar-refractivity contribution in [1.82, 2.24) is 9.21 Å². The summed E-state index contributed by atoms with van der Waals surface area (Å²) < 4.78 is 37.5. The monoisotopic (exact) mass is 342 g/mol. The van der Waals surface area contributed by atoms with Gasteiger partial charge < -0.3 is 9.47 Å². The first-order chi connectivity index (χ1) is 10.9. The number of benzene rings is 1. The second-order valence-corrected chi connectivity index (χ2v) is 7.65. The molecular weight excluding hydrogens is 316 g/mol. The van der Waals surface area contributed by atoms with Gasteiger partial charge in [-0.05, 0) is 25.5 Å². The third kappa shape index (κ3) is 3.79. The molecule has 1 saturated heterocycles. The van der Waals surface area contributed by atoms with Crippen LogP contribution in [-0.4, -0.2) is 64.1 Å². The zero-order chi connectivity index (χ0) is 17.0. The average molecular weight is 342 g/mol.